The fraction of sp³-hybridized carbons (Fsp3) is 0.304. The van der Waals surface area contributed by atoms with E-state index in [1.807, 2.05) is 31.4 Å². The van der Waals surface area contributed by atoms with Crippen LogP contribution in [-0.4, -0.2) is 5.78 Å². The maximum atomic E-state index is 13.4. The van der Waals surface area contributed by atoms with Gasteiger partial charge in [0, 0.05) is 28.3 Å². The van der Waals surface area contributed by atoms with Gasteiger partial charge in [0.05, 0.1) is 23.1 Å². The first-order chi connectivity index (χ1) is 14.5. The molecule has 0 saturated carbocycles. The van der Waals surface area contributed by atoms with Crippen molar-refractivity contribution in [3.8, 4) is 6.07 Å². The van der Waals surface area contributed by atoms with E-state index in [0.29, 0.717) is 24.1 Å². The topological polar surface area (TPSA) is 70.1 Å². The smallest absolute Gasteiger partial charge is 0.384 e. The zero-order valence-electron chi connectivity index (χ0n) is 17.0. The Hall–Kier alpha value is -3.05. The summed E-state index contributed by atoms with van der Waals surface area (Å²) in [5.74, 6) is -0.656. The number of ketones is 1. The second-order valence-corrected chi connectivity index (χ2v) is 9.52. The molecule has 2 aliphatic rings. The molecule has 0 unspecified atom stereocenters. The van der Waals surface area contributed by atoms with E-state index < -0.39 is 17.7 Å². The Morgan fingerprint density at radius 3 is 2.58 bits per heavy atom. The number of hydrogen-bond donors (Lipinski definition) is 1. The van der Waals surface area contributed by atoms with Crippen LogP contribution in [0.3, 0.4) is 0 Å². The molecule has 1 aliphatic carbocycles. The number of alkyl halides is 3. The maximum Gasteiger partial charge on any atom is 0.416 e. The van der Waals surface area contributed by atoms with Crippen molar-refractivity contribution in [1.29, 1.82) is 5.26 Å². The van der Waals surface area contributed by atoms with Gasteiger partial charge in [-0.15, -0.1) is 11.3 Å². The lowest BCUT2D eigenvalue weighted by molar-refractivity contribution is -0.137. The van der Waals surface area contributed by atoms with E-state index in [4.69, 9.17) is 5.73 Å². The van der Waals surface area contributed by atoms with Crippen molar-refractivity contribution in [2.75, 3.05) is 4.90 Å². The van der Waals surface area contributed by atoms with Gasteiger partial charge in [-0.3, -0.25) is 9.69 Å². The molecule has 0 spiro atoms. The standard InChI is InChI=1S/C23H20F3N3OS/c1-22(2)10-16-20(17(30)11-22)19(18-7-4-8-31-18)15(12-27)21(28)29(16)14-6-3-5-13(9-14)23(24,25)26/h3-9,19H,10-11,28H2,1-2H3/t19-/m0/s1. The molecule has 1 atom stereocenters. The van der Waals surface area contributed by atoms with Crippen molar-refractivity contribution in [2.45, 2.75) is 38.8 Å². The highest BCUT2D eigenvalue weighted by molar-refractivity contribution is 7.10. The molecule has 0 saturated heterocycles. The van der Waals surface area contributed by atoms with Gasteiger partial charge in [0.25, 0.3) is 0 Å². The Morgan fingerprint density at radius 2 is 1.97 bits per heavy atom. The van der Waals surface area contributed by atoms with E-state index in [0.717, 1.165) is 17.0 Å². The number of thiophene rings is 1. The summed E-state index contributed by atoms with van der Waals surface area (Å²) in [6.07, 6.45) is -3.78. The zero-order chi connectivity index (χ0) is 22.6. The molecular formula is C23H20F3N3OS. The molecule has 0 radical (unpaired) electrons. The van der Waals surface area contributed by atoms with Gasteiger partial charge in [0.2, 0.25) is 0 Å². The molecule has 0 bridgehead atoms. The molecular weight excluding hydrogens is 423 g/mol. The molecule has 2 N–H and O–H groups in total. The summed E-state index contributed by atoms with van der Waals surface area (Å²) in [6.45, 7) is 3.89. The van der Waals surface area contributed by atoms with Crippen LogP contribution in [0.2, 0.25) is 0 Å². The monoisotopic (exact) mass is 443 g/mol. The number of nitriles is 1. The van der Waals surface area contributed by atoms with Gasteiger partial charge in [-0.2, -0.15) is 18.4 Å². The zero-order valence-corrected chi connectivity index (χ0v) is 17.8. The molecule has 8 heteroatoms. The predicted octanol–water partition coefficient (Wildman–Crippen LogP) is 5.71. The number of nitrogens with zero attached hydrogens (tertiary/aromatic N) is 2. The highest BCUT2D eigenvalue weighted by Crippen LogP contribution is 2.51. The number of rotatable bonds is 2. The third-order valence-corrected chi connectivity index (χ3v) is 6.58. The first kappa shape index (κ1) is 21.2. The molecule has 2 heterocycles. The largest absolute Gasteiger partial charge is 0.416 e. The summed E-state index contributed by atoms with van der Waals surface area (Å²) >= 11 is 1.42. The number of halogens is 3. The number of carbonyl (C=O) groups is 1. The van der Waals surface area contributed by atoms with Gasteiger partial charge in [0.1, 0.15) is 5.82 Å². The number of allylic oxidation sites excluding steroid dienone is 3. The van der Waals surface area contributed by atoms with Crippen molar-refractivity contribution in [3.05, 3.63) is 74.9 Å². The number of benzene rings is 1. The molecule has 1 aromatic carbocycles. The van der Waals surface area contributed by atoms with Crippen LogP contribution < -0.4 is 10.6 Å². The second kappa shape index (κ2) is 7.27. The Labute approximate surface area is 182 Å². The lowest BCUT2D eigenvalue weighted by Crippen LogP contribution is -2.42. The summed E-state index contributed by atoms with van der Waals surface area (Å²) in [4.78, 5) is 15.6. The van der Waals surface area contributed by atoms with Crippen molar-refractivity contribution in [3.63, 3.8) is 0 Å². The molecule has 4 rings (SSSR count). The quantitative estimate of drug-likeness (QED) is 0.646. The van der Waals surface area contributed by atoms with E-state index in [1.54, 1.807) is 0 Å². The van der Waals surface area contributed by atoms with Crippen LogP contribution in [-0.2, 0) is 11.0 Å². The van der Waals surface area contributed by atoms with Crippen LogP contribution in [0.1, 0.15) is 43.0 Å². The van der Waals surface area contributed by atoms with Gasteiger partial charge in [-0.25, -0.2) is 0 Å². The minimum atomic E-state index is -4.53. The summed E-state index contributed by atoms with van der Waals surface area (Å²) in [7, 11) is 0. The molecule has 2 aromatic rings. The van der Waals surface area contributed by atoms with Gasteiger partial charge in [0.15, 0.2) is 5.78 Å². The van der Waals surface area contributed by atoms with Crippen LogP contribution in [0.4, 0.5) is 18.9 Å². The average molecular weight is 443 g/mol. The third kappa shape index (κ3) is 3.63. The van der Waals surface area contributed by atoms with Crippen LogP contribution in [0, 0.1) is 16.7 Å². The Balaban J connectivity index is 1.98. The van der Waals surface area contributed by atoms with Crippen molar-refractivity contribution < 1.29 is 18.0 Å². The van der Waals surface area contributed by atoms with Gasteiger partial charge < -0.3 is 5.73 Å². The lowest BCUT2D eigenvalue weighted by atomic mass is 9.69. The van der Waals surface area contributed by atoms with Crippen LogP contribution >= 0.6 is 11.3 Å². The number of Topliss-reactive ketones (excluding diaryl/α,β-unsaturated/α-hetero) is 1. The first-order valence-corrected chi connectivity index (χ1v) is 10.6. The SMILES string of the molecule is CC1(C)CC(=O)C2=C(C1)N(c1cccc(C(F)(F)F)c1)C(N)=C(C#N)[C@H]2c1cccs1. The highest BCUT2D eigenvalue weighted by Gasteiger charge is 2.45. The Kier molecular flexibility index (Phi) is 4.97. The predicted molar refractivity (Wildman–Crippen MR) is 113 cm³/mol. The maximum absolute atomic E-state index is 13.4. The van der Waals surface area contributed by atoms with Crippen LogP contribution in [0.5, 0.6) is 0 Å². The fourth-order valence-corrected chi connectivity index (χ4v) is 5.21. The molecule has 1 aliphatic heterocycles. The van der Waals surface area contributed by atoms with Crippen LogP contribution in [0.15, 0.2) is 64.4 Å². The van der Waals surface area contributed by atoms with Crippen molar-refractivity contribution >= 4 is 22.8 Å². The molecule has 0 amide bonds. The number of nitrogens with two attached hydrogens (primary N) is 1. The van der Waals surface area contributed by atoms with E-state index >= 15 is 0 Å². The highest BCUT2D eigenvalue weighted by atomic mass is 32.1. The minimum absolute atomic E-state index is 0.0597. The number of hydrogen-bond acceptors (Lipinski definition) is 5. The average Bonchev–Trinajstić information content (AvgIpc) is 3.20. The second-order valence-electron chi connectivity index (χ2n) is 8.54. The summed E-state index contributed by atoms with van der Waals surface area (Å²) in [6, 6.07) is 10.6. The van der Waals surface area contributed by atoms with E-state index in [2.05, 4.69) is 6.07 Å². The van der Waals surface area contributed by atoms with E-state index in [1.165, 1.54) is 28.4 Å². The number of carbonyl (C=O) groups excluding carboxylic acids is 1. The normalized spacial score (nSPS) is 21.2. The summed E-state index contributed by atoms with van der Waals surface area (Å²) in [5, 5.41) is 11.8. The summed E-state index contributed by atoms with van der Waals surface area (Å²) in [5.41, 5.74) is 6.59. The first-order valence-electron chi connectivity index (χ1n) is 9.70. The van der Waals surface area contributed by atoms with Gasteiger partial charge >= 0.3 is 6.18 Å². The molecule has 4 nitrogen and oxygen atoms in total. The van der Waals surface area contributed by atoms with Crippen molar-refractivity contribution in [2.24, 2.45) is 11.1 Å². The van der Waals surface area contributed by atoms with Crippen LogP contribution in [0.25, 0.3) is 0 Å². The minimum Gasteiger partial charge on any atom is -0.384 e. The molecule has 1 aromatic heterocycles. The third-order valence-electron chi connectivity index (χ3n) is 5.64. The Morgan fingerprint density at radius 1 is 1.23 bits per heavy atom. The van der Waals surface area contributed by atoms with Crippen molar-refractivity contribution in [1.82, 2.24) is 0 Å². The molecule has 0 fully saturated rings. The fourth-order valence-electron chi connectivity index (χ4n) is 4.37. The molecule has 160 valence electrons. The summed E-state index contributed by atoms with van der Waals surface area (Å²) < 4.78 is 40.1. The van der Waals surface area contributed by atoms with E-state index in [9.17, 15) is 23.2 Å². The Bertz CT molecular complexity index is 1150. The molecule has 31 heavy (non-hydrogen) atoms. The van der Waals surface area contributed by atoms with Gasteiger partial charge in [-0.05, 0) is 41.5 Å². The number of anilines is 1. The van der Waals surface area contributed by atoms with E-state index in [-0.39, 0.29) is 28.3 Å². The lowest BCUT2D eigenvalue weighted by Gasteiger charge is -2.43. The van der Waals surface area contributed by atoms with Gasteiger partial charge in [-0.1, -0.05) is 26.0 Å².